The second kappa shape index (κ2) is 5.48. The van der Waals surface area contributed by atoms with Crippen LogP contribution in [0.1, 0.15) is 36.7 Å². The van der Waals surface area contributed by atoms with Crippen LogP contribution in [0, 0.1) is 5.92 Å². The van der Waals surface area contributed by atoms with Gasteiger partial charge in [0.15, 0.2) is 5.78 Å². The fraction of sp³-hybridized carbons (Fsp3) is 0.385. The summed E-state index contributed by atoms with van der Waals surface area (Å²) in [5.74, 6) is 0.830. The van der Waals surface area contributed by atoms with Gasteiger partial charge in [-0.05, 0) is 31.0 Å². The topological polar surface area (TPSA) is 81.5 Å². The van der Waals surface area contributed by atoms with Crippen LogP contribution in [-0.2, 0) is 0 Å². The van der Waals surface area contributed by atoms with Crippen LogP contribution in [0.2, 0.25) is 0 Å². The van der Waals surface area contributed by atoms with Crippen molar-refractivity contribution in [2.45, 2.75) is 20.8 Å². The molecule has 0 saturated carbocycles. The summed E-state index contributed by atoms with van der Waals surface area (Å²) in [5, 5.41) is 0. The summed E-state index contributed by atoms with van der Waals surface area (Å²) in [6, 6.07) is 5.15. The molecule has 4 nitrogen and oxygen atoms in total. The van der Waals surface area contributed by atoms with Crippen LogP contribution in [0.3, 0.4) is 0 Å². The molecular weight excluding hydrogens is 214 g/mol. The van der Waals surface area contributed by atoms with Gasteiger partial charge < -0.3 is 11.5 Å². The number of nitrogens with two attached hydrogens (primary N) is 2. The highest BCUT2D eigenvalue weighted by Gasteiger charge is 2.07. The van der Waals surface area contributed by atoms with Gasteiger partial charge in [-0.3, -0.25) is 9.79 Å². The second-order valence-electron chi connectivity index (χ2n) is 4.48. The standard InChI is InChI=1S/C13H19N3O/c1-8(2)7-16-13(15)10-4-5-12(14)11(6-10)9(3)17/h4-6,8H,7,14H2,1-3H3,(H2,15,16). The molecule has 4 heteroatoms. The second-order valence-corrected chi connectivity index (χ2v) is 4.48. The Bertz CT molecular complexity index is 450. The van der Waals surface area contributed by atoms with E-state index in [1.54, 1.807) is 18.2 Å². The van der Waals surface area contributed by atoms with Crippen molar-refractivity contribution in [1.29, 1.82) is 0 Å². The van der Waals surface area contributed by atoms with E-state index in [1.165, 1.54) is 6.92 Å². The van der Waals surface area contributed by atoms with E-state index in [0.29, 0.717) is 29.5 Å². The van der Waals surface area contributed by atoms with Gasteiger partial charge in [0.05, 0.1) is 0 Å². The molecule has 0 heterocycles. The van der Waals surface area contributed by atoms with Gasteiger partial charge in [-0.25, -0.2) is 0 Å². The lowest BCUT2D eigenvalue weighted by Crippen LogP contribution is -2.16. The molecule has 0 aliphatic heterocycles. The summed E-state index contributed by atoms with van der Waals surface area (Å²) in [6.07, 6.45) is 0. The number of nitrogen functional groups attached to an aromatic ring is 1. The number of hydrogen-bond donors (Lipinski definition) is 2. The first-order valence-electron chi connectivity index (χ1n) is 5.62. The fourth-order valence-electron chi connectivity index (χ4n) is 1.39. The molecule has 1 rings (SSSR count). The number of benzene rings is 1. The van der Waals surface area contributed by atoms with Crippen LogP contribution in [0.25, 0.3) is 0 Å². The summed E-state index contributed by atoms with van der Waals surface area (Å²) in [4.78, 5) is 15.6. The number of nitrogens with zero attached hydrogens (tertiary/aromatic N) is 1. The van der Waals surface area contributed by atoms with Gasteiger partial charge in [-0.1, -0.05) is 13.8 Å². The van der Waals surface area contributed by atoms with E-state index in [4.69, 9.17) is 11.5 Å². The highest BCUT2D eigenvalue weighted by molar-refractivity contribution is 6.04. The van der Waals surface area contributed by atoms with Crippen molar-refractivity contribution < 1.29 is 4.79 Å². The Hall–Kier alpha value is -1.84. The average Bonchev–Trinajstić information content (AvgIpc) is 2.26. The molecule has 0 aliphatic rings. The molecule has 92 valence electrons. The Morgan fingerprint density at radius 1 is 1.41 bits per heavy atom. The largest absolute Gasteiger partial charge is 0.398 e. The third-order valence-corrected chi connectivity index (χ3v) is 2.36. The van der Waals surface area contributed by atoms with Crippen LogP contribution in [-0.4, -0.2) is 18.2 Å². The molecule has 0 fully saturated rings. The predicted molar refractivity (Wildman–Crippen MR) is 71.3 cm³/mol. The molecule has 0 saturated heterocycles. The highest BCUT2D eigenvalue weighted by Crippen LogP contribution is 2.14. The van der Waals surface area contributed by atoms with Gasteiger partial charge in [0, 0.05) is 23.4 Å². The summed E-state index contributed by atoms with van der Waals surface area (Å²) < 4.78 is 0. The van der Waals surface area contributed by atoms with Crippen LogP contribution in [0.4, 0.5) is 5.69 Å². The maximum absolute atomic E-state index is 11.3. The van der Waals surface area contributed by atoms with Crippen LogP contribution >= 0.6 is 0 Å². The van der Waals surface area contributed by atoms with E-state index in [1.807, 2.05) is 0 Å². The Labute approximate surface area is 102 Å². The van der Waals surface area contributed by atoms with Gasteiger partial charge in [-0.2, -0.15) is 0 Å². The molecule has 0 bridgehead atoms. The summed E-state index contributed by atoms with van der Waals surface area (Å²) >= 11 is 0. The van der Waals surface area contributed by atoms with Gasteiger partial charge in [0.25, 0.3) is 0 Å². The van der Waals surface area contributed by atoms with Crippen molar-refractivity contribution in [3.63, 3.8) is 0 Å². The average molecular weight is 233 g/mol. The summed E-state index contributed by atoms with van der Waals surface area (Å²) in [7, 11) is 0. The minimum Gasteiger partial charge on any atom is -0.398 e. The smallest absolute Gasteiger partial charge is 0.161 e. The van der Waals surface area contributed by atoms with Crippen LogP contribution < -0.4 is 11.5 Å². The zero-order valence-corrected chi connectivity index (χ0v) is 10.5. The van der Waals surface area contributed by atoms with Crippen LogP contribution in [0.5, 0.6) is 0 Å². The van der Waals surface area contributed by atoms with Crippen LogP contribution in [0.15, 0.2) is 23.2 Å². The molecule has 0 aromatic heterocycles. The normalized spacial score (nSPS) is 11.9. The number of carbonyl (C=O) groups excluding carboxylic acids is 1. The van der Waals surface area contributed by atoms with E-state index in [0.717, 1.165) is 5.56 Å². The SMILES string of the molecule is CC(=O)c1cc(C(N)=NCC(C)C)ccc1N. The minimum atomic E-state index is -0.0685. The van der Waals surface area contributed by atoms with Crippen molar-refractivity contribution in [3.05, 3.63) is 29.3 Å². The van der Waals surface area contributed by atoms with Crippen molar-refractivity contribution in [2.75, 3.05) is 12.3 Å². The number of ketones is 1. The van der Waals surface area contributed by atoms with Gasteiger partial charge in [0.1, 0.15) is 5.84 Å². The lowest BCUT2D eigenvalue weighted by Gasteiger charge is -2.07. The molecule has 0 radical (unpaired) electrons. The molecular formula is C13H19N3O. The molecule has 0 aliphatic carbocycles. The number of rotatable bonds is 4. The van der Waals surface area contributed by atoms with E-state index >= 15 is 0 Å². The summed E-state index contributed by atoms with van der Waals surface area (Å²) in [6.45, 7) is 6.30. The van der Waals surface area contributed by atoms with Crippen molar-refractivity contribution >= 4 is 17.3 Å². The maximum Gasteiger partial charge on any atom is 0.161 e. The monoisotopic (exact) mass is 233 g/mol. The van der Waals surface area contributed by atoms with Crippen molar-refractivity contribution in [1.82, 2.24) is 0 Å². The first kappa shape index (κ1) is 13.2. The van der Waals surface area contributed by atoms with E-state index in [2.05, 4.69) is 18.8 Å². The van der Waals surface area contributed by atoms with Crippen molar-refractivity contribution in [2.24, 2.45) is 16.6 Å². The molecule has 4 N–H and O–H groups in total. The number of hydrogen-bond acceptors (Lipinski definition) is 3. The lowest BCUT2D eigenvalue weighted by molar-refractivity contribution is 0.101. The Morgan fingerprint density at radius 2 is 2.06 bits per heavy atom. The number of anilines is 1. The number of Topliss-reactive ketones (excluding diaryl/α,β-unsaturated/α-hetero) is 1. The lowest BCUT2D eigenvalue weighted by atomic mass is 10.1. The molecule has 1 aromatic carbocycles. The Kier molecular flexibility index (Phi) is 4.26. The van der Waals surface area contributed by atoms with Crippen molar-refractivity contribution in [3.8, 4) is 0 Å². The zero-order valence-electron chi connectivity index (χ0n) is 10.5. The predicted octanol–water partition coefficient (Wildman–Crippen LogP) is 1.83. The Balaban J connectivity index is 3.03. The number of amidine groups is 1. The quantitative estimate of drug-likeness (QED) is 0.360. The van der Waals surface area contributed by atoms with Gasteiger partial charge in [-0.15, -0.1) is 0 Å². The molecule has 0 spiro atoms. The first-order chi connectivity index (χ1) is 7.91. The molecule has 17 heavy (non-hydrogen) atoms. The summed E-state index contributed by atoms with van der Waals surface area (Å²) in [5.41, 5.74) is 13.3. The highest BCUT2D eigenvalue weighted by atomic mass is 16.1. The first-order valence-corrected chi connectivity index (χ1v) is 5.62. The third kappa shape index (κ3) is 3.59. The molecule has 0 amide bonds. The van der Waals surface area contributed by atoms with E-state index < -0.39 is 0 Å². The minimum absolute atomic E-state index is 0.0685. The van der Waals surface area contributed by atoms with E-state index in [-0.39, 0.29) is 5.78 Å². The number of carbonyl (C=O) groups is 1. The zero-order chi connectivity index (χ0) is 13.0. The Morgan fingerprint density at radius 3 is 2.59 bits per heavy atom. The molecule has 0 unspecified atom stereocenters. The van der Waals surface area contributed by atoms with E-state index in [9.17, 15) is 4.79 Å². The fourth-order valence-corrected chi connectivity index (χ4v) is 1.39. The molecule has 0 atom stereocenters. The van der Waals surface area contributed by atoms with Gasteiger partial charge >= 0.3 is 0 Å². The third-order valence-electron chi connectivity index (χ3n) is 2.36. The maximum atomic E-state index is 11.3. The number of aliphatic imine (C=N–C) groups is 1. The van der Waals surface area contributed by atoms with Gasteiger partial charge in [0.2, 0.25) is 0 Å². The molecule has 1 aromatic rings.